The van der Waals surface area contributed by atoms with E-state index in [4.69, 9.17) is 4.74 Å². The molecule has 3 N–H and O–H groups in total. The number of halogens is 1. The number of ether oxygens (including phenoxy) is 1. The zero-order chi connectivity index (χ0) is 22.9. The number of nitrogens with one attached hydrogen (secondary N) is 2. The molecule has 0 saturated heterocycles. The Bertz CT molecular complexity index is 1420. The first-order valence-corrected chi connectivity index (χ1v) is 11.6. The second-order valence-electron chi connectivity index (χ2n) is 6.73. The Kier molecular flexibility index (Phi) is 5.72. The number of rotatable bonds is 6. The minimum absolute atomic E-state index is 0.0921. The van der Waals surface area contributed by atoms with Crippen molar-refractivity contribution in [2.24, 2.45) is 0 Å². The maximum absolute atomic E-state index is 13.9. The minimum atomic E-state index is -4.00. The fraction of sp³-hybridized carbons (Fsp3) is 0.0455. The summed E-state index contributed by atoms with van der Waals surface area (Å²) in [5.41, 5.74) is 0.224. The van der Waals surface area contributed by atoms with Crippen LogP contribution < -0.4 is 14.8 Å². The van der Waals surface area contributed by atoms with Crippen LogP contribution in [0.25, 0.3) is 10.1 Å². The highest BCUT2D eigenvalue weighted by Gasteiger charge is 2.19. The zero-order valence-corrected chi connectivity index (χ0v) is 18.3. The molecule has 4 aromatic rings. The van der Waals surface area contributed by atoms with Gasteiger partial charge in [0.15, 0.2) is 0 Å². The van der Waals surface area contributed by atoms with E-state index in [-0.39, 0.29) is 21.2 Å². The fourth-order valence-corrected chi connectivity index (χ4v) is 5.03. The standard InChI is InChI=1S/C22H17FN2O5S2/c1-30-14-7-5-13(6-8-14)25-32(28,29)15-9-10-19(26)18(11-15)24-22(27)21-12-16-17(23)3-2-4-20(16)31-21/h2-12,25-26H,1H3,(H,24,27). The predicted molar refractivity (Wildman–Crippen MR) is 122 cm³/mol. The fourth-order valence-electron chi connectivity index (χ4n) is 2.98. The van der Waals surface area contributed by atoms with Crippen molar-refractivity contribution in [1.82, 2.24) is 0 Å². The van der Waals surface area contributed by atoms with Crippen molar-refractivity contribution in [1.29, 1.82) is 0 Å². The van der Waals surface area contributed by atoms with Gasteiger partial charge in [-0.05, 0) is 60.7 Å². The Hall–Kier alpha value is -3.63. The van der Waals surface area contributed by atoms with E-state index in [9.17, 15) is 22.7 Å². The highest BCUT2D eigenvalue weighted by molar-refractivity contribution is 7.92. The topological polar surface area (TPSA) is 105 Å². The molecule has 0 bridgehead atoms. The third-order valence-electron chi connectivity index (χ3n) is 4.60. The van der Waals surface area contributed by atoms with Gasteiger partial charge in [0.05, 0.1) is 22.6 Å². The quantitative estimate of drug-likeness (QED) is 0.350. The van der Waals surface area contributed by atoms with E-state index in [0.29, 0.717) is 21.5 Å². The normalized spacial score (nSPS) is 11.3. The number of aromatic hydroxyl groups is 1. The molecule has 10 heteroatoms. The molecule has 0 spiro atoms. The van der Waals surface area contributed by atoms with Crippen LogP contribution in [0.4, 0.5) is 15.8 Å². The zero-order valence-electron chi connectivity index (χ0n) is 16.6. The lowest BCUT2D eigenvalue weighted by Gasteiger charge is -2.11. The predicted octanol–water partition coefficient (Wildman–Crippen LogP) is 4.81. The number of phenols is 1. The number of methoxy groups -OCH3 is 1. The molecular weight excluding hydrogens is 455 g/mol. The number of fused-ring (bicyclic) bond motifs is 1. The number of thiophene rings is 1. The van der Waals surface area contributed by atoms with Gasteiger partial charge in [0.25, 0.3) is 15.9 Å². The van der Waals surface area contributed by atoms with Crippen molar-refractivity contribution in [3.8, 4) is 11.5 Å². The molecule has 1 heterocycles. The molecule has 0 unspecified atom stereocenters. The van der Waals surface area contributed by atoms with Crippen molar-refractivity contribution in [2.75, 3.05) is 17.1 Å². The highest BCUT2D eigenvalue weighted by Crippen LogP contribution is 2.31. The largest absolute Gasteiger partial charge is 0.506 e. The van der Waals surface area contributed by atoms with E-state index in [0.717, 1.165) is 17.4 Å². The third kappa shape index (κ3) is 4.36. The van der Waals surface area contributed by atoms with Gasteiger partial charge in [-0.1, -0.05) is 6.07 Å². The van der Waals surface area contributed by atoms with E-state index in [1.165, 1.54) is 31.4 Å². The number of benzene rings is 3. The molecule has 0 fully saturated rings. The molecule has 4 rings (SSSR count). The second kappa shape index (κ2) is 8.48. The van der Waals surface area contributed by atoms with E-state index >= 15 is 0 Å². The van der Waals surface area contributed by atoms with Gasteiger partial charge in [0.2, 0.25) is 0 Å². The van der Waals surface area contributed by atoms with E-state index in [1.807, 2.05) is 0 Å². The van der Waals surface area contributed by atoms with Crippen molar-refractivity contribution in [3.63, 3.8) is 0 Å². The van der Waals surface area contributed by atoms with Gasteiger partial charge in [-0.15, -0.1) is 11.3 Å². The molecule has 1 amide bonds. The molecule has 0 radical (unpaired) electrons. The van der Waals surface area contributed by atoms with E-state index < -0.39 is 21.7 Å². The maximum atomic E-state index is 13.9. The van der Waals surface area contributed by atoms with Gasteiger partial charge in [-0.3, -0.25) is 9.52 Å². The van der Waals surface area contributed by atoms with Crippen LogP contribution in [-0.2, 0) is 10.0 Å². The number of carbonyl (C=O) groups excluding carboxylic acids is 1. The SMILES string of the molecule is COc1ccc(NS(=O)(=O)c2ccc(O)c(NC(=O)c3cc4c(F)cccc4s3)c2)cc1. The lowest BCUT2D eigenvalue weighted by molar-refractivity contribution is 0.103. The van der Waals surface area contributed by atoms with Crippen LogP contribution in [0.5, 0.6) is 11.5 Å². The molecular formula is C22H17FN2O5S2. The smallest absolute Gasteiger partial charge is 0.265 e. The molecule has 1 aromatic heterocycles. The molecule has 0 atom stereocenters. The van der Waals surface area contributed by atoms with Gasteiger partial charge in [0, 0.05) is 15.8 Å². The lowest BCUT2D eigenvalue weighted by Crippen LogP contribution is -2.14. The van der Waals surface area contributed by atoms with Crippen LogP contribution in [-0.4, -0.2) is 26.5 Å². The van der Waals surface area contributed by atoms with Gasteiger partial charge in [-0.2, -0.15) is 0 Å². The Labute approximate surface area is 187 Å². The molecule has 0 aliphatic carbocycles. The number of sulfonamides is 1. The molecule has 0 saturated carbocycles. The third-order valence-corrected chi connectivity index (χ3v) is 7.08. The summed E-state index contributed by atoms with van der Waals surface area (Å²) < 4.78 is 47.5. The van der Waals surface area contributed by atoms with Gasteiger partial charge in [-0.25, -0.2) is 12.8 Å². The maximum Gasteiger partial charge on any atom is 0.265 e. The van der Waals surface area contributed by atoms with Gasteiger partial charge >= 0.3 is 0 Å². The average molecular weight is 473 g/mol. The van der Waals surface area contributed by atoms with Gasteiger partial charge in [0.1, 0.15) is 17.3 Å². The van der Waals surface area contributed by atoms with Crippen molar-refractivity contribution < 1.29 is 27.4 Å². The number of hydrogen-bond donors (Lipinski definition) is 3. The minimum Gasteiger partial charge on any atom is -0.506 e. The lowest BCUT2D eigenvalue weighted by atomic mass is 10.2. The molecule has 0 aliphatic heterocycles. The number of phenolic OH excluding ortho intramolecular Hbond substituents is 1. The molecule has 0 aliphatic rings. The van der Waals surface area contributed by atoms with Gasteiger partial charge < -0.3 is 15.2 Å². The van der Waals surface area contributed by atoms with Crippen LogP contribution in [0, 0.1) is 5.82 Å². The number of anilines is 2. The first-order chi connectivity index (χ1) is 15.3. The molecule has 3 aromatic carbocycles. The average Bonchev–Trinajstić information content (AvgIpc) is 3.21. The summed E-state index contributed by atoms with van der Waals surface area (Å²) >= 11 is 1.08. The van der Waals surface area contributed by atoms with Crippen LogP contribution in [0.2, 0.25) is 0 Å². The van der Waals surface area contributed by atoms with E-state index in [1.54, 1.807) is 36.4 Å². The number of carbonyl (C=O) groups is 1. The summed E-state index contributed by atoms with van der Waals surface area (Å²) in [7, 11) is -2.50. The van der Waals surface area contributed by atoms with Crippen molar-refractivity contribution in [2.45, 2.75) is 4.90 Å². The summed E-state index contributed by atoms with van der Waals surface area (Å²) in [6.07, 6.45) is 0. The number of amides is 1. The Balaban J connectivity index is 1.58. The van der Waals surface area contributed by atoms with Crippen LogP contribution >= 0.6 is 11.3 Å². The van der Waals surface area contributed by atoms with Crippen molar-refractivity contribution >= 4 is 48.7 Å². The first kappa shape index (κ1) is 21.6. The first-order valence-electron chi connectivity index (χ1n) is 9.26. The monoisotopic (exact) mass is 472 g/mol. The molecule has 164 valence electrons. The summed E-state index contributed by atoms with van der Waals surface area (Å²) in [6.45, 7) is 0. The summed E-state index contributed by atoms with van der Waals surface area (Å²) in [6, 6.07) is 15.8. The summed E-state index contributed by atoms with van der Waals surface area (Å²) in [5, 5.41) is 12.9. The summed E-state index contributed by atoms with van der Waals surface area (Å²) in [4.78, 5) is 12.7. The van der Waals surface area contributed by atoms with Crippen LogP contribution in [0.3, 0.4) is 0 Å². The summed E-state index contributed by atoms with van der Waals surface area (Å²) in [5.74, 6) is -0.783. The van der Waals surface area contributed by atoms with Crippen LogP contribution in [0.15, 0.2) is 71.6 Å². The highest BCUT2D eigenvalue weighted by atomic mass is 32.2. The molecule has 32 heavy (non-hydrogen) atoms. The number of hydrogen-bond acceptors (Lipinski definition) is 6. The molecule has 7 nitrogen and oxygen atoms in total. The van der Waals surface area contributed by atoms with Crippen molar-refractivity contribution in [3.05, 3.63) is 77.4 Å². The second-order valence-corrected chi connectivity index (χ2v) is 9.50. The Morgan fingerprint density at radius 1 is 1.06 bits per heavy atom. The Morgan fingerprint density at radius 3 is 2.50 bits per heavy atom. The van der Waals surface area contributed by atoms with E-state index in [2.05, 4.69) is 10.0 Å². The Morgan fingerprint density at radius 2 is 1.81 bits per heavy atom. The van der Waals surface area contributed by atoms with Crippen LogP contribution in [0.1, 0.15) is 9.67 Å².